The van der Waals surface area contributed by atoms with Crippen molar-refractivity contribution >= 4 is 44.7 Å². The number of hydrogen-bond donors (Lipinski definition) is 1. The Morgan fingerprint density at radius 2 is 1.81 bits per heavy atom. The van der Waals surface area contributed by atoms with Crippen LogP contribution in [0.15, 0.2) is 24.3 Å². The monoisotopic (exact) mass is 518 g/mol. The number of alkyl halides is 3. The Balaban J connectivity index is 1.47. The van der Waals surface area contributed by atoms with Crippen LogP contribution in [0.4, 0.5) is 24.8 Å². The van der Waals surface area contributed by atoms with E-state index in [0.29, 0.717) is 35.0 Å². The summed E-state index contributed by atoms with van der Waals surface area (Å²) >= 11 is 0. The van der Waals surface area contributed by atoms with E-state index in [0.717, 1.165) is 43.9 Å². The maximum absolute atomic E-state index is 13.1. The topological polar surface area (TPSA) is 101 Å². The number of hydrogen-bond acceptors (Lipinski definition) is 8. The Bertz CT molecular complexity index is 1440. The quantitative estimate of drug-likeness (QED) is 0.539. The molecule has 0 amide bonds. The van der Waals surface area contributed by atoms with Gasteiger partial charge in [-0.25, -0.2) is 28.4 Å². The predicted octanol–water partition coefficient (Wildman–Crippen LogP) is 4.12. The van der Waals surface area contributed by atoms with Crippen LogP contribution in [0.25, 0.3) is 23.2 Å². The molecular formula is C24H25F3N6O2S. The normalized spacial score (nSPS) is 20.0. The Morgan fingerprint density at radius 1 is 1.03 bits per heavy atom. The first-order valence-corrected chi connectivity index (χ1v) is 13.5. The third-order valence-corrected chi connectivity index (χ3v) is 8.11. The summed E-state index contributed by atoms with van der Waals surface area (Å²) in [5, 5.41) is 3.23. The average molecular weight is 519 g/mol. The van der Waals surface area contributed by atoms with Gasteiger partial charge >= 0.3 is 6.18 Å². The van der Waals surface area contributed by atoms with Crippen molar-refractivity contribution < 1.29 is 21.6 Å². The van der Waals surface area contributed by atoms with Crippen LogP contribution in [0, 0.1) is 6.92 Å². The number of fused-ring (bicyclic) bond motifs is 1. The molecule has 1 aromatic carbocycles. The number of benzene rings is 1. The lowest BCUT2D eigenvalue weighted by Gasteiger charge is -2.19. The van der Waals surface area contributed by atoms with Crippen molar-refractivity contribution in [3.05, 3.63) is 47.0 Å². The zero-order valence-electron chi connectivity index (χ0n) is 19.6. The molecule has 8 nitrogen and oxygen atoms in total. The number of aromatic nitrogens is 4. The van der Waals surface area contributed by atoms with E-state index >= 15 is 0 Å². The molecule has 5 rings (SSSR count). The number of halogens is 3. The van der Waals surface area contributed by atoms with Gasteiger partial charge in [-0.2, -0.15) is 13.2 Å². The Kier molecular flexibility index (Phi) is 6.31. The van der Waals surface area contributed by atoms with E-state index in [1.165, 1.54) is 6.07 Å². The molecule has 36 heavy (non-hydrogen) atoms. The molecular weight excluding hydrogens is 493 g/mol. The van der Waals surface area contributed by atoms with Gasteiger partial charge < -0.3 is 10.2 Å². The fourth-order valence-electron chi connectivity index (χ4n) is 4.47. The zero-order chi connectivity index (χ0) is 25.5. The van der Waals surface area contributed by atoms with Gasteiger partial charge in [0.2, 0.25) is 0 Å². The van der Waals surface area contributed by atoms with Gasteiger partial charge in [-0.15, -0.1) is 0 Å². The molecule has 190 valence electrons. The minimum Gasteiger partial charge on any atom is -0.366 e. The van der Waals surface area contributed by atoms with Gasteiger partial charge in [0.15, 0.2) is 15.7 Å². The van der Waals surface area contributed by atoms with E-state index in [4.69, 9.17) is 0 Å². The molecule has 0 bridgehead atoms. The summed E-state index contributed by atoms with van der Waals surface area (Å²) in [6, 6.07) is 4.90. The van der Waals surface area contributed by atoms with Crippen LogP contribution in [-0.2, 0) is 16.0 Å². The summed E-state index contributed by atoms with van der Waals surface area (Å²) in [5.41, 5.74) is 0.709. The first-order chi connectivity index (χ1) is 17.1. The van der Waals surface area contributed by atoms with Crippen LogP contribution in [-0.4, -0.2) is 59.0 Å². The van der Waals surface area contributed by atoms with Gasteiger partial charge in [-0.1, -0.05) is 0 Å². The second-order valence-corrected chi connectivity index (χ2v) is 11.4. The van der Waals surface area contributed by atoms with Gasteiger partial charge in [-0.05, 0) is 56.5 Å². The molecule has 1 atom stereocenters. The summed E-state index contributed by atoms with van der Waals surface area (Å²) in [5.74, 6) is 1.87. The highest BCUT2D eigenvalue weighted by atomic mass is 32.2. The molecule has 2 aliphatic heterocycles. The highest BCUT2D eigenvalue weighted by Crippen LogP contribution is 2.31. The van der Waals surface area contributed by atoms with Gasteiger partial charge in [0.1, 0.15) is 11.6 Å². The van der Waals surface area contributed by atoms with Crippen LogP contribution in [0.5, 0.6) is 0 Å². The molecule has 12 heteroatoms. The van der Waals surface area contributed by atoms with Crippen LogP contribution in [0.2, 0.25) is 0 Å². The number of nitrogens with zero attached hydrogens (tertiary/aromatic N) is 5. The summed E-state index contributed by atoms with van der Waals surface area (Å²) in [6.45, 7) is 3.47. The van der Waals surface area contributed by atoms with E-state index in [1.54, 1.807) is 19.1 Å². The lowest BCUT2D eigenvalue weighted by molar-refractivity contribution is -0.137. The Hall–Kier alpha value is -3.28. The largest absolute Gasteiger partial charge is 0.416 e. The van der Waals surface area contributed by atoms with Gasteiger partial charge in [0.25, 0.3) is 0 Å². The van der Waals surface area contributed by atoms with Crippen molar-refractivity contribution in [2.75, 3.05) is 34.8 Å². The standard InChI is InChI=1S/C24H25F3N6O2S/c1-15-18(30-20-12-16(24(25,26)27)4-5-19(20)28-15)6-7-21-31-22(29-17-8-11-36(34,35)14-17)13-23(32-21)33-9-2-3-10-33/h4-7,12-13,17H,2-3,8-11,14H2,1H3,(H,29,31,32)/t17-/m1/s1. The highest BCUT2D eigenvalue weighted by molar-refractivity contribution is 7.91. The maximum atomic E-state index is 13.1. The number of anilines is 2. The summed E-state index contributed by atoms with van der Waals surface area (Å²) in [4.78, 5) is 20.1. The van der Waals surface area contributed by atoms with E-state index in [9.17, 15) is 21.6 Å². The van der Waals surface area contributed by atoms with Crippen molar-refractivity contribution in [1.82, 2.24) is 19.9 Å². The summed E-state index contributed by atoms with van der Waals surface area (Å²) < 4.78 is 63.1. The third kappa shape index (κ3) is 5.43. The van der Waals surface area contributed by atoms with Crippen LogP contribution in [0.1, 0.15) is 42.0 Å². The number of nitrogens with one attached hydrogen (secondary N) is 1. The second kappa shape index (κ2) is 9.30. The van der Waals surface area contributed by atoms with E-state index in [-0.39, 0.29) is 23.1 Å². The Morgan fingerprint density at radius 3 is 2.50 bits per heavy atom. The molecule has 0 spiro atoms. The molecule has 0 radical (unpaired) electrons. The number of aryl methyl sites for hydroxylation is 1. The van der Waals surface area contributed by atoms with Gasteiger partial charge in [-0.3, -0.25) is 0 Å². The summed E-state index contributed by atoms with van der Waals surface area (Å²) in [6.07, 6.45) is 1.45. The summed E-state index contributed by atoms with van der Waals surface area (Å²) in [7, 11) is -3.05. The van der Waals surface area contributed by atoms with Gasteiger partial charge in [0.05, 0.1) is 39.5 Å². The third-order valence-electron chi connectivity index (χ3n) is 6.34. The molecule has 1 N–H and O–H groups in total. The first-order valence-electron chi connectivity index (χ1n) is 11.7. The van der Waals surface area contributed by atoms with Crippen molar-refractivity contribution in [3.8, 4) is 0 Å². The molecule has 2 aliphatic rings. The van der Waals surface area contributed by atoms with Crippen molar-refractivity contribution in [1.29, 1.82) is 0 Å². The van der Waals surface area contributed by atoms with Crippen molar-refractivity contribution in [2.24, 2.45) is 0 Å². The Labute approximate surface area is 206 Å². The van der Waals surface area contributed by atoms with Crippen LogP contribution < -0.4 is 10.2 Å². The molecule has 0 aliphatic carbocycles. The number of sulfone groups is 1. The lowest BCUT2D eigenvalue weighted by Crippen LogP contribution is -2.23. The smallest absolute Gasteiger partial charge is 0.366 e. The minimum atomic E-state index is -4.47. The molecule has 0 saturated carbocycles. The highest BCUT2D eigenvalue weighted by Gasteiger charge is 2.31. The molecule has 2 aromatic heterocycles. The molecule has 2 saturated heterocycles. The average Bonchev–Trinajstić information content (AvgIpc) is 3.46. The van der Waals surface area contributed by atoms with Gasteiger partial charge in [0, 0.05) is 25.2 Å². The SMILES string of the molecule is Cc1nc2ccc(C(F)(F)F)cc2nc1C=Cc1nc(N[C@@H]2CCS(=O)(=O)C2)cc(N2CCCC2)n1. The molecule has 3 aromatic rings. The van der Waals surface area contributed by atoms with E-state index < -0.39 is 21.6 Å². The minimum absolute atomic E-state index is 0.0625. The predicted molar refractivity (Wildman–Crippen MR) is 132 cm³/mol. The molecule has 4 heterocycles. The zero-order valence-corrected chi connectivity index (χ0v) is 20.4. The van der Waals surface area contributed by atoms with Crippen LogP contribution in [0.3, 0.4) is 0 Å². The van der Waals surface area contributed by atoms with Crippen LogP contribution >= 0.6 is 0 Å². The second-order valence-electron chi connectivity index (χ2n) is 9.14. The van der Waals surface area contributed by atoms with Crippen molar-refractivity contribution in [2.45, 2.75) is 38.4 Å². The van der Waals surface area contributed by atoms with Crippen molar-refractivity contribution in [3.63, 3.8) is 0 Å². The first kappa shape index (κ1) is 24.4. The molecule has 0 unspecified atom stereocenters. The fourth-order valence-corrected chi connectivity index (χ4v) is 6.14. The van der Waals surface area contributed by atoms with E-state index in [1.807, 2.05) is 6.07 Å². The fraction of sp³-hybridized carbons (Fsp3) is 0.417. The lowest BCUT2D eigenvalue weighted by atomic mass is 10.1. The van der Waals surface area contributed by atoms with E-state index in [2.05, 4.69) is 30.2 Å². The molecule has 2 fully saturated rings. The maximum Gasteiger partial charge on any atom is 0.416 e. The number of rotatable bonds is 5.